The maximum atomic E-state index is 11.7. The average Bonchev–Trinajstić information content (AvgIpc) is 2.59. The molecular weight excluding hydrogens is 304 g/mol. The molecule has 0 bridgehead atoms. The molecule has 0 saturated heterocycles. The van der Waals surface area contributed by atoms with Crippen molar-refractivity contribution in [2.75, 3.05) is 11.9 Å². The van der Waals surface area contributed by atoms with Crippen LogP contribution >= 0.6 is 0 Å². The molecule has 0 aliphatic heterocycles. The molecule has 0 aliphatic carbocycles. The maximum Gasteiger partial charge on any atom is 0.220 e. The Bertz CT molecular complexity index is 688. The summed E-state index contributed by atoms with van der Waals surface area (Å²) < 4.78 is 0. The third-order valence-corrected chi connectivity index (χ3v) is 3.57. The Hall–Kier alpha value is -2.89. The van der Waals surface area contributed by atoms with Crippen LogP contribution in [0.4, 0.5) is 5.82 Å². The summed E-state index contributed by atoms with van der Waals surface area (Å²) in [4.78, 5) is 28.9. The van der Waals surface area contributed by atoms with Crippen molar-refractivity contribution in [3.05, 3.63) is 59.8 Å². The number of hydrogen-bond acceptors (Lipinski definition) is 4. The molecule has 2 aromatic rings. The van der Waals surface area contributed by atoms with Crippen molar-refractivity contribution >= 4 is 17.6 Å². The minimum absolute atomic E-state index is 0.0552. The molecular formula is C18H22N4O2. The quantitative estimate of drug-likeness (QED) is 0.771. The lowest BCUT2D eigenvalue weighted by molar-refractivity contribution is -0.125. The zero-order valence-electron chi connectivity index (χ0n) is 13.7. The number of hydrogen-bond donors (Lipinski definition) is 2. The Morgan fingerprint density at radius 2 is 1.88 bits per heavy atom. The number of rotatable bonds is 8. The van der Waals surface area contributed by atoms with Gasteiger partial charge in [0.1, 0.15) is 5.82 Å². The molecule has 1 heterocycles. The molecule has 6 nitrogen and oxygen atoms in total. The second-order valence-electron chi connectivity index (χ2n) is 5.57. The van der Waals surface area contributed by atoms with Gasteiger partial charge in [-0.3, -0.25) is 9.59 Å². The van der Waals surface area contributed by atoms with Crippen LogP contribution < -0.4 is 16.0 Å². The van der Waals surface area contributed by atoms with E-state index < -0.39 is 5.91 Å². The topological polar surface area (TPSA) is 88.3 Å². The highest BCUT2D eigenvalue weighted by Crippen LogP contribution is 2.18. The van der Waals surface area contributed by atoms with Crippen LogP contribution in [0.3, 0.4) is 0 Å². The maximum absolute atomic E-state index is 11.7. The van der Waals surface area contributed by atoms with Gasteiger partial charge in [0.2, 0.25) is 11.8 Å². The normalized spacial score (nSPS) is 10.2. The number of benzene rings is 1. The number of amides is 2. The highest BCUT2D eigenvalue weighted by atomic mass is 16.2. The van der Waals surface area contributed by atoms with E-state index in [2.05, 4.69) is 22.4 Å². The van der Waals surface area contributed by atoms with Crippen LogP contribution in [0.1, 0.15) is 24.0 Å². The van der Waals surface area contributed by atoms with Crippen molar-refractivity contribution in [1.82, 2.24) is 10.3 Å². The molecule has 6 heteroatoms. The van der Waals surface area contributed by atoms with Gasteiger partial charge in [0, 0.05) is 44.7 Å². The number of primary amides is 1. The largest absolute Gasteiger partial charge is 0.370 e. The van der Waals surface area contributed by atoms with Crippen LogP contribution in [0.2, 0.25) is 0 Å². The van der Waals surface area contributed by atoms with Crippen LogP contribution in [0, 0.1) is 0 Å². The van der Waals surface area contributed by atoms with E-state index in [9.17, 15) is 9.59 Å². The van der Waals surface area contributed by atoms with Gasteiger partial charge in [-0.25, -0.2) is 4.98 Å². The predicted octanol–water partition coefficient (Wildman–Crippen LogP) is 1.60. The van der Waals surface area contributed by atoms with Crippen LogP contribution in [0.5, 0.6) is 0 Å². The molecule has 24 heavy (non-hydrogen) atoms. The third-order valence-electron chi connectivity index (χ3n) is 3.57. The average molecular weight is 326 g/mol. The molecule has 2 rings (SSSR count). The van der Waals surface area contributed by atoms with E-state index in [1.807, 2.05) is 42.3 Å². The second kappa shape index (κ2) is 8.67. The number of anilines is 1. The molecule has 1 aromatic heterocycles. The van der Waals surface area contributed by atoms with Crippen molar-refractivity contribution in [3.63, 3.8) is 0 Å². The van der Waals surface area contributed by atoms with Crippen molar-refractivity contribution in [2.45, 2.75) is 25.9 Å². The van der Waals surface area contributed by atoms with Crippen LogP contribution in [0.25, 0.3) is 0 Å². The Balaban J connectivity index is 1.99. The Morgan fingerprint density at radius 3 is 2.58 bits per heavy atom. The van der Waals surface area contributed by atoms with Gasteiger partial charge in [0.05, 0.1) is 0 Å². The molecule has 0 aliphatic rings. The SMILES string of the molecule is CN(Cc1ccccc1)c1ncccc1CNC(=O)CCC(N)=O. The number of carbonyl (C=O) groups excluding carboxylic acids is 2. The van der Waals surface area contributed by atoms with E-state index in [4.69, 9.17) is 5.73 Å². The van der Waals surface area contributed by atoms with Gasteiger partial charge in [-0.2, -0.15) is 0 Å². The first kappa shape index (κ1) is 17.5. The molecule has 0 spiro atoms. The van der Waals surface area contributed by atoms with Crippen molar-refractivity contribution in [1.29, 1.82) is 0 Å². The van der Waals surface area contributed by atoms with Gasteiger partial charge in [-0.1, -0.05) is 36.4 Å². The molecule has 126 valence electrons. The molecule has 0 unspecified atom stereocenters. The van der Waals surface area contributed by atoms with Crippen LogP contribution in [0.15, 0.2) is 48.7 Å². The van der Waals surface area contributed by atoms with Gasteiger partial charge >= 0.3 is 0 Å². The lowest BCUT2D eigenvalue weighted by Crippen LogP contribution is -2.26. The lowest BCUT2D eigenvalue weighted by Gasteiger charge is -2.21. The first-order valence-electron chi connectivity index (χ1n) is 7.80. The number of carbonyl (C=O) groups is 2. The first-order valence-corrected chi connectivity index (χ1v) is 7.80. The molecule has 3 N–H and O–H groups in total. The van der Waals surface area contributed by atoms with E-state index >= 15 is 0 Å². The molecule has 1 aromatic carbocycles. The molecule has 0 saturated carbocycles. The fourth-order valence-electron chi connectivity index (χ4n) is 2.36. The smallest absolute Gasteiger partial charge is 0.220 e. The molecule has 0 fully saturated rings. The summed E-state index contributed by atoms with van der Waals surface area (Å²) in [6, 6.07) is 13.9. The van der Waals surface area contributed by atoms with Gasteiger partial charge < -0.3 is 16.0 Å². The predicted molar refractivity (Wildman–Crippen MR) is 93.1 cm³/mol. The van der Waals surface area contributed by atoms with Crippen molar-refractivity contribution < 1.29 is 9.59 Å². The summed E-state index contributed by atoms with van der Waals surface area (Å²) in [6.45, 7) is 1.08. The number of pyridine rings is 1. The Kier molecular flexibility index (Phi) is 6.31. The van der Waals surface area contributed by atoms with E-state index in [1.165, 1.54) is 5.56 Å². The summed E-state index contributed by atoms with van der Waals surface area (Å²) in [5.74, 6) is 0.140. The summed E-state index contributed by atoms with van der Waals surface area (Å²) in [6.07, 6.45) is 1.89. The second-order valence-corrected chi connectivity index (χ2v) is 5.57. The summed E-state index contributed by atoms with van der Waals surface area (Å²) in [5.41, 5.74) is 7.15. The van der Waals surface area contributed by atoms with E-state index in [0.717, 1.165) is 17.9 Å². The fourth-order valence-corrected chi connectivity index (χ4v) is 2.36. The third kappa shape index (κ3) is 5.39. The van der Waals surface area contributed by atoms with Crippen LogP contribution in [-0.4, -0.2) is 23.8 Å². The van der Waals surface area contributed by atoms with Gasteiger partial charge in [0.15, 0.2) is 0 Å². The minimum atomic E-state index is -0.477. The van der Waals surface area contributed by atoms with Crippen molar-refractivity contribution in [2.24, 2.45) is 5.73 Å². The van der Waals surface area contributed by atoms with Gasteiger partial charge in [0.25, 0.3) is 0 Å². The van der Waals surface area contributed by atoms with E-state index in [-0.39, 0.29) is 18.7 Å². The zero-order chi connectivity index (χ0) is 17.4. The highest BCUT2D eigenvalue weighted by molar-refractivity contribution is 5.82. The number of nitrogens with two attached hydrogens (primary N) is 1. The fraction of sp³-hybridized carbons (Fsp3) is 0.278. The summed E-state index contributed by atoms with van der Waals surface area (Å²) in [5, 5.41) is 2.80. The number of aromatic nitrogens is 1. The Labute approximate surface area is 141 Å². The first-order chi connectivity index (χ1) is 11.6. The van der Waals surface area contributed by atoms with Gasteiger partial charge in [-0.15, -0.1) is 0 Å². The summed E-state index contributed by atoms with van der Waals surface area (Å²) >= 11 is 0. The van der Waals surface area contributed by atoms with E-state index in [0.29, 0.717) is 6.54 Å². The van der Waals surface area contributed by atoms with Crippen LogP contribution in [-0.2, 0) is 22.7 Å². The standard InChI is InChI=1S/C18H22N4O2/c1-22(13-14-6-3-2-4-7-14)18-15(8-5-11-20-18)12-21-17(24)10-9-16(19)23/h2-8,11H,9-10,12-13H2,1H3,(H2,19,23)(H,21,24). The summed E-state index contributed by atoms with van der Waals surface area (Å²) in [7, 11) is 1.97. The monoisotopic (exact) mass is 326 g/mol. The Morgan fingerprint density at radius 1 is 1.12 bits per heavy atom. The number of nitrogens with zero attached hydrogens (tertiary/aromatic N) is 2. The van der Waals surface area contributed by atoms with E-state index in [1.54, 1.807) is 6.20 Å². The lowest BCUT2D eigenvalue weighted by atomic mass is 10.2. The highest BCUT2D eigenvalue weighted by Gasteiger charge is 2.11. The minimum Gasteiger partial charge on any atom is -0.370 e. The molecule has 0 radical (unpaired) electrons. The van der Waals surface area contributed by atoms with Gasteiger partial charge in [-0.05, 0) is 11.6 Å². The molecule has 2 amide bonds. The zero-order valence-corrected chi connectivity index (χ0v) is 13.7. The molecule has 0 atom stereocenters. The van der Waals surface area contributed by atoms with Crippen molar-refractivity contribution in [3.8, 4) is 0 Å². The number of nitrogens with one attached hydrogen (secondary N) is 1.